The number of aliphatic hydroxyl groups excluding tert-OH is 1. The van der Waals surface area contributed by atoms with E-state index in [2.05, 4.69) is 0 Å². The molecule has 8 heteroatoms. The van der Waals surface area contributed by atoms with E-state index in [0.717, 1.165) is 5.56 Å². The number of rotatable bonds is 7. The molecule has 164 valence electrons. The lowest BCUT2D eigenvalue weighted by Gasteiger charge is -2.48. The first-order valence-corrected chi connectivity index (χ1v) is 10.3. The van der Waals surface area contributed by atoms with Gasteiger partial charge in [0.2, 0.25) is 5.91 Å². The van der Waals surface area contributed by atoms with Gasteiger partial charge in [0.25, 0.3) is 0 Å². The van der Waals surface area contributed by atoms with Crippen molar-refractivity contribution in [1.82, 2.24) is 0 Å². The molecule has 3 atom stereocenters. The maximum absolute atomic E-state index is 13.4. The van der Waals surface area contributed by atoms with E-state index in [9.17, 15) is 28.7 Å². The van der Waals surface area contributed by atoms with E-state index in [1.165, 1.54) is 48.5 Å². The summed E-state index contributed by atoms with van der Waals surface area (Å²) in [7, 11) is -1.60. The normalized spacial score (nSPS) is 18.9. The Kier molecular flexibility index (Phi) is 6.37. The number of nitrogens with zero attached hydrogens (tertiary/aromatic N) is 1. The number of benzene rings is 3. The smallest absolute Gasteiger partial charge is 0.423 e. The Balaban J connectivity index is 1.56. The zero-order valence-corrected chi connectivity index (χ0v) is 17.1. The number of β-lactam (4-membered cyclic amide) rings is 1. The number of hydrogen-bond acceptors (Lipinski definition) is 4. The molecule has 5 nitrogen and oxygen atoms in total. The van der Waals surface area contributed by atoms with E-state index in [0.29, 0.717) is 29.6 Å². The highest BCUT2D eigenvalue weighted by molar-refractivity contribution is 6.58. The van der Waals surface area contributed by atoms with Crippen molar-refractivity contribution in [3.63, 3.8) is 0 Å². The lowest BCUT2D eigenvalue weighted by atomic mass is 9.75. The molecule has 32 heavy (non-hydrogen) atoms. The maximum atomic E-state index is 13.4. The molecule has 1 saturated heterocycles. The summed E-state index contributed by atoms with van der Waals surface area (Å²) in [5.41, 5.74) is 2.25. The van der Waals surface area contributed by atoms with Crippen molar-refractivity contribution >= 4 is 24.2 Å². The van der Waals surface area contributed by atoms with E-state index in [-0.39, 0.29) is 17.8 Å². The molecule has 3 aromatic carbocycles. The van der Waals surface area contributed by atoms with Crippen LogP contribution in [-0.2, 0) is 4.79 Å². The van der Waals surface area contributed by atoms with Crippen LogP contribution in [0.5, 0.6) is 0 Å². The third kappa shape index (κ3) is 4.43. The predicted molar refractivity (Wildman–Crippen MR) is 117 cm³/mol. The van der Waals surface area contributed by atoms with Gasteiger partial charge in [-0.3, -0.25) is 4.79 Å². The molecule has 1 fully saturated rings. The van der Waals surface area contributed by atoms with Gasteiger partial charge in [0.15, 0.2) is 0 Å². The Hall–Kier alpha value is -3.07. The lowest BCUT2D eigenvalue weighted by molar-refractivity contribution is -0.131. The second kappa shape index (κ2) is 9.20. The summed E-state index contributed by atoms with van der Waals surface area (Å²) in [5, 5.41) is 29.2. The van der Waals surface area contributed by atoms with Crippen LogP contribution in [-0.4, -0.2) is 28.2 Å². The summed E-state index contributed by atoms with van der Waals surface area (Å²) >= 11 is 0. The van der Waals surface area contributed by atoms with Crippen LogP contribution in [0.1, 0.15) is 36.1 Å². The highest BCUT2D eigenvalue weighted by Crippen LogP contribution is 2.46. The topological polar surface area (TPSA) is 81.0 Å². The Bertz CT molecular complexity index is 1070. The van der Waals surface area contributed by atoms with Crippen molar-refractivity contribution in [2.24, 2.45) is 5.92 Å². The second-order valence-electron chi connectivity index (χ2n) is 7.92. The minimum absolute atomic E-state index is 0.140. The highest BCUT2D eigenvalue weighted by atomic mass is 19.1. The monoisotopic (exact) mass is 437 g/mol. The van der Waals surface area contributed by atoms with Gasteiger partial charge in [-0.15, -0.1) is 0 Å². The molecule has 4 rings (SSSR count). The summed E-state index contributed by atoms with van der Waals surface area (Å²) in [6.07, 6.45) is -0.135. The summed E-state index contributed by atoms with van der Waals surface area (Å²) in [5.74, 6) is -1.35. The molecular formula is C24H22BF2NO4. The molecule has 0 saturated carbocycles. The summed E-state index contributed by atoms with van der Waals surface area (Å²) in [4.78, 5) is 14.6. The minimum Gasteiger partial charge on any atom is -0.423 e. The lowest BCUT2D eigenvalue weighted by Crippen LogP contribution is -2.55. The zero-order valence-electron chi connectivity index (χ0n) is 17.1. The van der Waals surface area contributed by atoms with Crippen molar-refractivity contribution in [3.05, 3.63) is 95.6 Å². The van der Waals surface area contributed by atoms with Gasteiger partial charge in [-0.05, 0) is 65.8 Å². The molecule has 1 heterocycles. The van der Waals surface area contributed by atoms with Gasteiger partial charge in [-0.1, -0.05) is 36.4 Å². The molecule has 0 aliphatic carbocycles. The first-order valence-electron chi connectivity index (χ1n) is 10.3. The average molecular weight is 437 g/mol. The van der Waals surface area contributed by atoms with Crippen LogP contribution in [0.2, 0.25) is 0 Å². The average Bonchev–Trinajstić information content (AvgIpc) is 2.79. The number of aliphatic hydroxyl groups is 1. The summed E-state index contributed by atoms with van der Waals surface area (Å²) in [6.45, 7) is 0. The van der Waals surface area contributed by atoms with Crippen molar-refractivity contribution in [2.75, 3.05) is 4.90 Å². The molecular weight excluding hydrogens is 415 g/mol. The Morgan fingerprint density at radius 3 is 2.00 bits per heavy atom. The Labute approximate surface area is 184 Å². The predicted octanol–water partition coefficient (Wildman–Crippen LogP) is 2.86. The third-order valence-corrected chi connectivity index (χ3v) is 5.90. The van der Waals surface area contributed by atoms with Crippen molar-refractivity contribution in [1.29, 1.82) is 0 Å². The van der Waals surface area contributed by atoms with Gasteiger partial charge in [0, 0.05) is 5.69 Å². The Morgan fingerprint density at radius 2 is 1.44 bits per heavy atom. The van der Waals surface area contributed by atoms with E-state index in [1.54, 1.807) is 29.2 Å². The first kappa shape index (κ1) is 22.1. The molecule has 1 unspecified atom stereocenters. The number of halogens is 2. The molecule has 3 aromatic rings. The third-order valence-electron chi connectivity index (χ3n) is 5.90. The number of hydrogen-bond donors (Lipinski definition) is 3. The summed E-state index contributed by atoms with van der Waals surface area (Å²) < 4.78 is 26.5. The largest absolute Gasteiger partial charge is 0.488 e. The first-order chi connectivity index (χ1) is 15.3. The molecule has 0 radical (unpaired) electrons. The fourth-order valence-electron chi connectivity index (χ4n) is 4.16. The number of carbonyl (C=O) groups excluding carboxylic acids is 1. The van der Waals surface area contributed by atoms with E-state index in [4.69, 9.17) is 0 Å². The van der Waals surface area contributed by atoms with E-state index < -0.39 is 25.0 Å². The van der Waals surface area contributed by atoms with Crippen LogP contribution in [0.4, 0.5) is 14.5 Å². The van der Waals surface area contributed by atoms with Gasteiger partial charge in [-0.25, -0.2) is 8.78 Å². The fourth-order valence-corrected chi connectivity index (χ4v) is 4.16. The van der Waals surface area contributed by atoms with Crippen molar-refractivity contribution in [3.8, 4) is 0 Å². The zero-order chi connectivity index (χ0) is 22.8. The van der Waals surface area contributed by atoms with Crippen LogP contribution < -0.4 is 10.4 Å². The minimum atomic E-state index is -1.60. The van der Waals surface area contributed by atoms with Crippen LogP contribution in [0.25, 0.3) is 0 Å². The van der Waals surface area contributed by atoms with E-state index >= 15 is 0 Å². The number of amides is 1. The molecule has 1 amide bonds. The molecule has 0 bridgehead atoms. The SMILES string of the molecule is O=C1[C@H](CC[C@H](O)c2ccc(F)cc2)C(c2ccc(B(O)O)cc2)N1c1ccc(F)cc1. The van der Waals surface area contributed by atoms with Gasteiger partial charge in [0.1, 0.15) is 11.6 Å². The fraction of sp³-hybridized carbons (Fsp3) is 0.208. The highest BCUT2D eigenvalue weighted by Gasteiger charge is 2.48. The quantitative estimate of drug-likeness (QED) is 0.392. The molecule has 0 aromatic heterocycles. The van der Waals surface area contributed by atoms with E-state index in [1.807, 2.05) is 0 Å². The Morgan fingerprint density at radius 1 is 0.875 bits per heavy atom. The second-order valence-corrected chi connectivity index (χ2v) is 7.92. The van der Waals surface area contributed by atoms with Crippen LogP contribution in [0.3, 0.4) is 0 Å². The van der Waals surface area contributed by atoms with Crippen molar-refractivity contribution < 1.29 is 28.7 Å². The van der Waals surface area contributed by atoms with Gasteiger partial charge >= 0.3 is 7.12 Å². The molecule has 1 aliphatic heterocycles. The number of anilines is 1. The van der Waals surface area contributed by atoms with Gasteiger partial charge in [0.05, 0.1) is 18.1 Å². The molecule has 1 aliphatic rings. The van der Waals surface area contributed by atoms with Crippen LogP contribution in [0.15, 0.2) is 72.8 Å². The standard InChI is InChI=1S/C24H22BF2NO4/c26-18-7-3-15(4-8-18)22(29)14-13-21-23(16-1-5-17(6-2-16)25(31)32)28(24(21)30)20-11-9-19(27)10-12-20/h1-12,21-23,29,31-32H,13-14H2/t21-,22+,23?/m1/s1. The molecule has 0 spiro atoms. The maximum Gasteiger partial charge on any atom is 0.488 e. The van der Waals surface area contributed by atoms with Crippen molar-refractivity contribution in [2.45, 2.75) is 25.0 Å². The number of carbonyl (C=O) groups is 1. The molecule has 3 N–H and O–H groups in total. The van der Waals surface area contributed by atoms with Gasteiger partial charge in [-0.2, -0.15) is 0 Å². The van der Waals surface area contributed by atoms with Gasteiger partial charge < -0.3 is 20.1 Å². The van der Waals surface area contributed by atoms with Crippen LogP contribution >= 0.6 is 0 Å². The summed E-state index contributed by atoms with van der Waals surface area (Å²) in [6, 6.07) is 17.5. The van der Waals surface area contributed by atoms with Crippen LogP contribution in [0, 0.1) is 17.6 Å².